The lowest BCUT2D eigenvalue weighted by Gasteiger charge is -2.21. The van der Waals surface area contributed by atoms with E-state index in [4.69, 9.17) is 16.3 Å². The lowest BCUT2D eigenvalue weighted by atomic mass is 10.1. The van der Waals surface area contributed by atoms with Gasteiger partial charge in [0.2, 0.25) is 0 Å². The number of anilines is 1. The fraction of sp³-hybridized carbons (Fsp3) is 0.0400. The van der Waals surface area contributed by atoms with Crippen molar-refractivity contribution < 1.29 is 14.3 Å². The van der Waals surface area contributed by atoms with E-state index in [2.05, 4.69) is 0 Å². The van der Waals surface area contributed by atoms with E-state index in [1.807, 2.05) is 54.6 Å². The zero-order valence-corrected chi connectivity index (χ0v) is 17.0. The standard InChI is InChI=1S/C25H18ClNO3/c1-30-25(29)19-9-13-22(14-10-19)27-23(18-5-3-2-4-6-18)16-20(24(27)28)15-17-7-11-21(26)12-8-17/h2-16H,1H3. The van der Waals surface area contributed by atoms with Gasteiger partial charge in [0, 0.05) is 16.3 Å². The van der Waals surface area contributed by atoms with Crippen molar-refractivity contribution >= 4 is 40.9 Å². The number of ether oxygens (including phenoxy) is 1. The predicted molar refractivity (Wildman–Crippen MR) is 119 cm³/mol. The molecule has 0 saturated carbocycles. The van der Waals surface area contributed by atoms with Crippen molar-refractivity contribution in [1.29, 1.82) is 0 Å². The smallest absolute Gasteiger partial charge is 0.337 e. The molecule has 148 valence electrons. The molecule has 0 radical (unpaired) electrons. The lowest BCUT2D eigenvalue weighted by Crippen LogP contribution is -2.25. The number of hydrogen-bond donors (Lipinski definition) is 0. The zero-order valence-electron chi connectivity index (χ0n) is 16.2. The van der Waals surface area contributed by atoms with Crippen molar-refractivity contribution in [3.05, 3.63) is 112 Å². The summed E-state index contributed by atoms with van der Waals surface area (Å²) in [4.78, 5) is 26.7. The maximum absolute atomic E-state index is 13.3. The van der Waals surface area contributed by atoms with E-state index in [9.17, 15) is 9.59 Å². The van der Waals surface area contributed by atoms with E-state index in [-0.39, 0.29) is 5.91 Å². The number of rotatable bonds is 4. The Balaban J connectivity index is 1.76. The number of halogens is 1. The molecule has 5 heteroatoms. The topological polar surface area (TPSA) is 46.6 Å². The molecule has 1 heterocycles. The molecule has 0 N–H and O–H groups in total. The average molecular weight is 416 g/mol. The van der Waals surface area contributed by atoms with Gasteiger partial charge in [-0.1, -0.05) is 54.1 Å². The van der Waals surface area contributed by atoms with Gasteiger partial charge < -0.3 is 4.74 Å². The van der Waals surface area contributed by atoms with E-state index in [0.717, 1.165) is 16.8 Å². The summed E-state index contributed by atoms with van der Waals surface area (Å²) in [6.45, 7) is 0. The van der Waals surface area contributed by atoms with Gasteiger partial charge in [-0.05, 0) is 59.7 Å². The van der Waals surface area contributed by atoms with Gasteiger partial charge in [-0.15, -0.1) is 0 Å². The van der Waals surface area contributed by atoms with Gasteiger partial charge in [-0.3, -0.25) is 9.69 Å². The summed E-state index contributed by atoms with van der Waals surface area (Å²) in [7, 11) is 1.34. The number of nitrogens with zero attached hydrogens (tertiary/aromatic N) is 1. The van der Waals surface area contributed by atoms with Crippen LogP contribution in [-0.4, -0.2) is 19.0 Å². The van der Waals surface area contributed by atoms with Crippen molar-refractivity contribution in [2.24, 2.45) is 0 Å². The molecule has 0 aromatic heterocycles. The second kappa shape index (κ2) is 8.39. The van der Waals surface area contributed by atoms with Gasteiger partial charge in [-0.2, -0.15) is 0 Å². The molecule has 1 aliphatic rings. The molecule has 4 rings (SSSR count). The Bertz CT molecular complexity index is 1150. The van der Waals surface area contributed by atoms with Gasteiger partial charge in [0.15, 0.2) is 0 Å². The van der Waals surface area contributed by atoms with Crippen LogP contribution in [0.4, 0.5) is 5.69 Å². The molecular formula is C25H18ClNO3. The van der Waals surface area contributed by atoms with Crippen LogP contribution in [0.15, 0.2) is 90.5 Å². The Labute approximate surface area is 179 Å². The summed E-state index contributed by atoms with van der Waals surface area (Å²) in [6, 6.07) is 23.8. The van der Waals surface area contributed by atoms with Crippen LogP contribution in [0.5, 0.6) is 0 Å². The normalized spacial score (nSPS) is 14.7. The number of carbonyl (C=O) groups excluding carboxylic acids is 2. The quantitative estimate of drug-likeness (QED) is 0.411. The Hall–Kier alpha value is -3.63. The van der Waals surface area contributed by atoms with Gasteiger partial charge in [0.25, 0.3) is 5.91 Å². The number of carbonyl (C=O) groups is 2. The number of hydrogen-bond acceptors (Lipinski definition) is 3. The zero-order chi connectivity index (χ0) is 21.1. The largest absolute Gasteiger partial charge is 0.465 e. The van der Waals surface area contributed by atoms with Crippen molar-refractivity contribution in [3.8, 4) is 0 Å². The highest BCUT2D eigenvalue weighted by molar-refractivity contribution is 6.30. The van der Waals surface area contributed by atoms with Crippen LogP contribution in [0.3, 0.4) is 0 Å². The molecule has 3 aromatic carbocycles. The van der Waals surface area contributed by atoms with Gasteiger partial charge in [0.1, 0.15) is 0 Å². The second-order valence-corrected chi connectivity index (χ2v) is 7.16. The summed E-state index contributed by atoms with van der Waals surface area (Å²) >= 11 is 5.97. The van der Waals surface area contributed by atoms with Gasteiger partial charge in [0.05, 0.1) is 18.4 Å². The minimum absolute atomic E-state index is 0.144. The number of methoxy groups -OCH3 is 1. The highest BCUT2D eigenvalue weighted by atomic mass is 35.5. The molecule has 1 amide bonds. The van der Waals surface area contributed by atoms with E-state index < -0.39 is 5.97 Å². The average Bonchev–Trinajstić information content (AvgIpc) is 3.11. The minimum atomic E-state index is -0.420. The van der Waals surface area contributed by atoms with E-state index in [0.29, 0.717) is 21.8 Å². The number of amides is 1. The van der Waals surface area contributed by atoms with Crippen molar-refractivity contribution in [3.63, 3.8) is 0 Å². The van der Waals surface area contributed by atoms with E-state index in [1.165, 1.54) is 7.11 Å². The maximum Gasteiger partial charge on any atom is 0.337 e. The molecule has 0 atom stereocenters. The predicted octanol–water partition coefficient (Wildman–Crippen LogP) is 5.60. The van der Waals surface area contributed by atoms with E-state index >= 15 is 0 Å². The van der Waals surface area contributed by atoms with Crippen molar-refractivity contribution in [2.75, 3.05) is 12.0 Å². The molecule has 3 aromatic rings. The third-order valence-electron chi connectivity index (χ3n) is 4.79. The SMILES string of the molecule is COC(=O)c1ccc(N2C(=O)C(=Cc3ccc(Cl)cc3)C=C2c2ccccc2)cc1. The fourth-order valence-electron chi connectivity index (χ4n) is 3.30. The third kappa shape index (κ3) is 3.91. The van der Waals surface area contributed by atoms with Crippen LogP contribution in [-0.2, 0) is 9.53 Å². The van der Waals surface area contributed by atoms with Crippen LogP contribution in [0, 0.1) is 0 Å². The molecule has 0 aliphatic carbocycles. The fourth-order valence-corrected chi connectivity index (χ4v) is 3.42. The van der Waals surface area contributed by atoms with Crippen molar-refractivity contribution in [1.82, 2.24) is 0 Å². The third-order valence-corrected chi connectivity index (χ3v) is 5.04. The highest BCUT2D eigenvalue weighted by Gasteiger charge is 2.30. The highest BCUT2D eigenvalue weighted by Crippen LogP contribution is 2.35. The first kappa shape index (κ1) is 19.7. The Kier molecular flexibility index (Phi) is 5.50. The van der Waals surface area contributed by atoms with Crippen LogP contribution in [0.2, 0.25) is 5.02 Å². The van der Waals surface area contributed by atoms with Crippen LogP contribution in [0.1, 0.15) is 21.5 Å². The van der Waals surface area contributed by atoms with E-state index in [1.54, 1.807) is 41.3 Å². The monoisotopic (exact) mass is 415 g/mol. The second-order valence-electron chi connectivity index (χ2n) is 6.73. The van der Waals surface area contributed by atoms with Crippen molar-refractivity contribution in [2.45, 2.75) is 0 Å². The van der Waals surface area contributed by atoms with Crippen LogP contribution >= 0.6 is 11.6 Å². The summed E-state index contributed by atoms with van der Waals surface area (Å²) < 4.78 is 4.76. The molecule has 0 bridgehead atoms. The molecule has 0 unspecified atom stereocenters. The maximum atomic E-state index is 13.3. The Morgan fingerprint density at radius 2 is 1.60 bits per heavy atom. The molecule has 30 heavy (non-hydrogen) atoms. The molecule has 0 saturated heterocycles. The van der Waals surface area contributed by atoms with Crippen LogP contribution in [0.25, 0.3) is 11.8 Å². The molecule has 0 spiro atoms. The first-order valence-electron chi connectivity index (χ1n) is 9.34. The van der Waals surface area contributed by atoms with Gasteiger partial charge in [-0.25, -0.2) is 4.79 Å². The summed E-state index contributed by atoms with van der Waals surface area (Å²) in [5.74, 6) is -0.564. The summed E-state index contributed by atoms with van der Waals surface area (Å²) in [6.07, 6.45) is 3.71. The molecular weight excluding hydrogens is 398 g/mol. The van der Waals surface area contributed by atoms with Crippen LogP contribution < -0.4 is 4.90 Å². The first-order chi connectivity index (χ1) is 14.6. The summed E-state index contributed by atoms with van der Waals surface area (Å²) in [5.41, 5.74) is 4.23. The number of esters is 1. The molecule has 1 aliphatic heterocycles. The minimum Gasteiger partial charge on any atom is -0.465 e. The molecule has 4 nitrogen and oxygen atoms in total. The first-order valence-corrected chi connectivity index (χ1v) is 9.72. The lowest BCUT2D eigenvalue weighted by molar-refractivity contribution is -0.113. The van der Waals surface area contributed by atoms with Gasteiger partial charge >= 0.3 is 5.97 Å². The summed E-state index contributed by atoms with van der Waals surface area (Å²) in [5, 5.41) is 0.641. The number of benzene rings is 3. The molecule has 0 fully saturated rings. The Morgan fingerprint density at radius 1 is 0.933 bits per heavy atom. The Morgan fingerprint density at radius 3 is 2.23 bits per heavy atom.